The van der Waals surface area contributed by atoms with Gasteiger partial charge in [-0.2, -0.15) is 0 Å². The third-order valence-corrected chi connectivity index (χ3v) is 6.85. The number of aryl methyl sites for hydroxylation is 1. The molecule has 1 saturated heterocycles. The average Bonchev–Trinajstić information content (AvgIpc) is 3.33. The van der Waals surface area contributed by atoms with Crippen molar-refractivity contribution in [2.24, 2.45) is 13.0 Å². The lowest BCUT2D eigenvalue weighted by Crippen LogP contribution is -2.46. The molecule has 2 aliphatic rings. The second kappa shape index (κ2) is 6.64. The fourth-order valence-electron chi connectivity index (χ4n) is 4.38. The predicted molar refractivity (Wildman–Crippen MR) is 107 cm³/mol. The minimum atomic E-state index is 0.0488. The summed E-state index contributed by atoms with van der Waals surface area (Å²) in [7, 11) is 2.00. The largest absolute Gasteiger partial charge is 0.355 e. The SMILES string of the molecule is Cn1ccc2c(N3CCCC(C(=O)N4CCc5sccc5C4)C3)ncnc21. The highest BCUT2D eigenvalue weighted by Gasteiger charge is 2.32. The van der Waals surface area contributed by atoms with Crippen molar-refractivity contribution in [2.75, 3.05) is 24.5 Å². The molecule has 0 saturated carbocycles. The third kappa shape index (κ3) is 2.90. The first kappa shape index (κ1) is 16.7. The quantitative estimate of drug-likeness (QED) is 0.685. The number of aromatic nitrogens is 3. The Morgan fingerprint density at radius 2 is 2.19 bits per heavy atom. The number of rotatable bonds is 2. The first-order valence-corrected chi connectivity index (χ1v) is 10.4. The Bertz CT molecular complexity index is 993. The lowest BCUT2D eigenvalue weighted by Gasteiger charge is -2.36. The van der Waals surface area contributed by atoms with E-state index in [9.17, 15) is 4.79 Å². The average molecular weight is 382 g/mol. The van der Waals surface area contributed by atoms with Crippen LogP contribution in [0.2, 0.25) is 0 Å². The van der Waals surface area contributed by atoms with Crippen molar-refractivity contribution in [1.82, 2.24) is 19.4 Å². The van der Waals surface area contributed by atoms with Gasteiger partial charge in [-0.05, 0) is 42.3 Å². The van der Waals surface area contributed by atoms with E-state index in [-0.39, 0.29) is 5.92 Å². The summed E-state index contributed by atoms with van der Waals surface area (Å²) in [5.41, 5.74) is 2.27. The van der Waals surface area contributed by atoms with E-state index in [4.69, 9.17) is 0 Å². The van der Waals surface area contributed by atoms with E-state index in [1.807, 2.05) is 29.1 Å². The van der Waals surface area contributed by atoms with Gasteiger partial charge in [-0.3, -0.25) is 4.79 Å². The summed E-state index contributed by atoms with van der Waals surface area (Å²) in [6.07, 6.45) is 6.62. The number of amides is 1. The predicted octanol–water partition coefficient (Wildman–Crippen LogP) is 2.83. The summed E-state index contributed by atoms with van der Waals surface area (Å²) in [6.45, 7) is 3.30. The van der Waals surface area contributed by atoms with E-state index in [0.29, 0.717) is 5.91 Å². The fourth-order valence-corrected chi connectivity index (χ4v) is 5.27. The van der Waals surface area contributed by atoms with Gasteiger partial charge in [0.2, 0.25) is 5.91 Å². The van der Waals surface area contributed by atoms with Crippen LogP contribution in [0.5, 0.6) is 0 Å². The van der Waals surface area contributed by atoms with Gasteiger partial charge in [0.15, 0.2) is 0 Å². The number of anilines is 1. The highest BCUT2D eigenvalue weighted by atomic mass is 32.1. The van der Waals surface area contributed by atoms with Gasteiger partial charge in [-0.1, -0.05) is 0 Å². The van der Waals surface area contributed by atoms with E-state index in [1.165, 1.54) is 10.4 Å². The highest BCUT2D eigenvalue weighted by Crippen LogP contribution is 2.30. The summed E-state index contributed by atoms with van der Waals surface area (Å²) in [4.78, 5) is 27.9. The van der Waals surface area contributed by atoms with Crippen LogP contribution in [-0.4, -0.2) is 45.0 Å². The molecular weight excluding hydrogens is 358 g/mol. The van der Waals surface area contributed by atoms with E-state index in [0.717, 1.165) is 62.3 Å². The fraction of sp³-hybridized carbons (Fsp3) is 0.450. The molecule has 7 heteroatoms. The molecule has 1 fully saturated rings. The van der Waals surface area contributed by atoms with Crippen LogP contribution in [0, 0.1) is 5.92 Å². The van der Waals surface area contributed by atoms with Gasteiger partial charge in [0.1, 0.15) is 17.8 Å². The lowest BCUT2D eigenvalue weighted by atomic mass is 9.95. The lowest BCUT2D eigenvalue weighted by molar-refractivity contribution is -0.136. The van der Waals surface area contributed by atoms with Crippen molar-refractivity contribution in [3.63, 3.8) is 0 Å². The molecule has 0 bridgehead atoms. The molecule has 0 aliphatic carbocycles. The summed E-state index contributed by atoms with van der Waals surface area (Å²) >= 11 is 1.81. The Kier molecular flexibility index (Phi) is 4.11. The Morgan fingerprint density at radius 1 is 1.26 bits per heavy atom. The molecule has 3 aromatic rings. The Morgan fingerprint density at radius 3 is 3.11 bits per heavy atom. The topological polar surface area (TPSA) is 54.3 Å². The molecule has 3 aromatic heterocycles. The zero-order valence-electron chi connectivity index (χ0n) is 15.5. The summed E-state index contributed by atoms with van der Waals surface area (Å²) in [5.74, 6) is 1.31. The van der Waals surface area contributed by atoms with E-state index >= 15 is 0 Å². The molecule has 0 spiro atoms. The molecule has 1 unspecified atom stereocenters. The molecule has 1 amide bonds. The van der Waals surface area contributed by atoms with Crippen LogP contribution >= 0.6 is 11.3 Å². The van der Waals surface area contributed by atoms with Crippen LogP contribution in [0.15, 0.2) is 30.0 Å². The van der Waals surface area contributed by atoms with Crippen molar-refractivity contribution in [2.45, 2.75) is 25.8 Å². The molecule has 0 aromatic carbocycles. The Labute approximate surface area is 162 Å². The number of fused-ring (bicyclic) bond motifs is 2. The monoisotopic (exact) mass is 381 g/mol. The number of nitrogens with zero attached hydrogens (tertiary/aromatic N) is 5. The smallest absolute Gasteiger partial charge is 0.227 e. The van der Waals surface area contributed by atoms with E-state index in [1.54, 1.807) is 6.33 Å². The van der Waals surface area contributed by atoms with Crippen molar-refractivity contribution < 1.29 is 4.79 Å². The van der Waals surface area contributed by atoms with Gasteiger partial charge in [-0.25, -0.2) is 9.97 Å². The van der Waals surface area contributed by atoms with Gasteiger partial charge >= 0.3 is 0 Å². The number of hydrogen-bond acceptors (Lipinski definition) is 5. The van der Waals surface area contributed by atoms with Gasteiger partial charge in [0.05, 0.1) is 11.3 Å². The third-order valence-electron chi connectivity index (χ3n) is 5.83. The summed E-state index contributed by atoms with van der Waals surface area (Å²) in [6, 6.07) is 4.23. The van der Waals surface area contributed by atoms with Crippen LogP contribution in [-0.2, 0) is 24.8 Å². The second-order valence-corrected chi connectivity index (χ2v) is 8.53. The Hall–Kier alpha value is -2.41. The van der Waals surface area contributed by atoms with Gasteiger partial charge in [0.25, 0.3) is 0 Å². The molecule has 27 heavy (non-hydrogen) atoms. The maximum absolute atomic E-state index is 13.2. The van der Waals surface area contributed by atoms with Crippen LogP contribution in [0.25, 0.3) is 11.0 Å². The van der Waals surface area contributed by atoms with Crippen molar-refractivity contribution in [3.05, 3.63) is 40.5 Å². The van der Waals surface area contributed by atoms with Crippen LogP contribution < -0.4 is 4.90 Å². The molecule has 2 aliphatic heterocycles. The molecule has 0 radical (unpaired) electrons. The van der Waals surface area contributed by atoms with Crippen LogP contribution in [0.1, 0.15) is 23.3 Å². The molecule has 140 valence electrons. The zero-order valence-corrected chi connectivity index (χ0v) is 16.3. The van der Waals surface area contributed by atoms with Crippen LogP contribution in [0.4, 0.5) is 5.82 Å². The molecule has 6 nitrogen and oxygen atoms in total. The second-order valence-electron chi connectivity index (χ2n) is 7.53. The molecule has 0 N–H and O–H groups in total. The minimum absolute atomic E-state index is 0.0488. The number of piperidine rings is 1. The summed E-state index contributed by atoms with van der Waals surface area (Å²) < 4.78 is 2.01. The molecule has 5 rings (SSSR count). The number of carbonyl (C=O) groups excluding carboxylic acids is 1. The normalized spacial score (nSPS) is 20.1. The van der Waals surface area contributed by atoms with Crippen molar-refractivity contribution in [3.8, 4) is 0 Å². The highest BCUT2D eigenvalue weighted by molar-refractivity contribution is 7.10. The minimum Gasteiger partial charge on any atom is -0.355 e. The first-order valence-electron chi connectivity index (χ1n) is 9.56. The van der Waals surface area contributed by atoms with Crippen LogP contribution in [0.3, 0.4) is 0 Å². The van der Waals surface area contributed by atoms with Gasteiger partial charge in [0, 0.05) is 44.3 Å². The van der Waals surface area contributed by atoms with E-state index in [2.05, 4.69) is 37.3 Å². The molecular formula is C20H23N5OS. The first-order chi connectivity index (χ1) is 13.2. The standard InChI is InChI=1S/C20H23N5OS/c1-23-8-4-16-18(23)21-13-22-19(16)24-7-2-3-15(12-24)20(26)25-9-5-17-14(11-25)6-10-27-17/h4,6,8,10,13,15H,2-3,5,7,9,11-12H2,1H3. The van der Waals surface area contributed by atoms with Crippen molar-refractivity contribution in [1.29, 1.82) is 0 Å². The maximum Gasteiger partial charge on any atom is 0.227 e. The molecule has 5 heterocycles. The maximum atomic E-state index is 13.2. The summed E-state index contributed by atoms with van der Waals surface area (Å²) in [5, 5.41) is 3.20. The number of hydrogen-bond donors (Lipinski definition) is 0. The van der Waals surface area contributed by atoms with Gasteiger partial charge in [-0.15, -0.1) is 11.3 Å². The molecule has 1 atom stereocenters. The van der Waals surface area contributed by atoms with Crippen molar-refractivity contribution >= 4 is 34.1 Å². The Balaban J connectivity index is 1.35. The number of carbonyl (C=O) groups is 1. The number of thiophene rings is 1. The zero-order chi connectivity index (χ0) is 18.4. The van der Waals surface area contributed by atoms with E-state index < -0.39 is 0 Å². The van der Waals surface area contributed by atoms with Gasteiger partial charge < -0.3 is 14.4 Å².